The van der Waals surface area contributed by atoms with E-state index in [-0.39, 0.29) is 0 Å². The Kier molecular flexibility index (Phi) is 7.81. The van der Waals surface area contributed by atoms with Gasteiger partial charge >= 0.3 is 0 Å². The molecular formula is C24H34N4O2. The Hall–Kier alpha value is -2.31. The van der Waals surface area contributed by atoms with Crippen molar-refractivity contribution in [2.75, 3.05) is 59.0 Å². The fraction of sp³-hybridized carbons (Fsp3) is 0.542. The second-order valence-corrected chi connectivity index (χ2v) is 8.21. The lowest BCUT2D eigenvalue weighted by Crippen LogP contribution is -2.43. The summed E-state index contributed by atoms with van der Waals surface area (Å²) in [6, 6.07) is 14.6. The molecule has 0 amide bonds. The Bertz CT molecular complexity index is 757. The summed E-state index contributed by atoms with van der Waals surface area (Å²) in [6.45, 7) is 8.84. The van der Waals surface area contributed by atoms with Gasteiger partial charge in [0.2, 0.25) is 0 Å². The average Bonchev–Trinajstić information content (AvgIpc) is 3.47. The van der Waals surface area contributed by atoms with E-state index in [1.54, 1.807) is 6.26 Å². The lowest BCUT2D eigenvalue weighted by atomic mass is 10.1. The van der Waals surface area contributed by atoms with Crippen molar-refractivity contribution in [1.82, 2.24) is 15.1 Å². The SMILES string of the molecule is c1ccc(CCNC(=NCCc2ccco2)N2CCC(CN3CCOCC3)C2)cc1. The van der Waals surface area contributed by atoms with Gasteiger partial charge in [-0.05, 0) is 36.5 Å². The molecule has 1 N–H and O–H groups in total. The van der Waals surface area contributed by atoms with Crippen LogP contribution in [0.2, 0.25) is 0 Å². The van der Waals surface area contributed by atoms with Gasteiger partial charge in [0.05, 0.1) is 19.5 Å². The van der Waals surface area contributed by atoms with Gasteiger partial charge < -0.3 is 19.4 Å². The number of nitrogens with zero attached hydrogens (tertiary/aromatic N) is 3. The van der Waals surface area contributed by atoms with E-state index in [9.17, 15) is 0 Å². The highest BCUT2D eigenvalue weighted by atomic mass is 16.5. The number of hydrogen-bond donors (Lipinski definition) is 1. The summed E-state index contributed by atoms with van der Waals surface area (Å²) in [5, 5.41) is 3.63. The number of benzene rings is 1. The minimum absolute atomic E-state index is 0.703. The van der Waals surface area contributed by atoms with Crippen LogP contribution in [0, 0.1) is 5.92 Å². The number of guanidine groups is 1. The van der Waals surface area contributed by atoms with Crippen LogP contribution in [0.25, 0.3) is 0 Å². The highest BCUT2D eigenvalue weighted by Gasteiger charge is 2.27. The summed E-state index contributed by atoms with van der Waals surface area (Å²) in [5.41, 5.74) is 1.35. The largest absolute Gasteiger partial charge is 0.469 e. The van der Waals surface area contributed by atoms with Gasteiger partial charge in [-0.1, -0.05) is 30.3 Å². The topological polar surface area (TPSA) is 53.2 Å². The van der Waals surface area contributed by atoms with Gasteiger partial charge in [-0.15, -0.1) is 0 Å². The summed E-state index contributed by atoms with van der Waals surface area (Å²) >= 11 is 0. The Labute approximate surface area is 179 Å². The first-order chi connectivity index (χ1) is 14.9. The monoisotopic (exact) mass is 410 g/mol. The van der Waals surface area contributed by atoms with Crippen molar-refractivity contribution < 1.29 is 9.15 Å². The second-order valence-electron chi connectivity index (χ2n) is 8.21. The molecule has 0 saturated carbocycles. The van der Waals surface area contributed by atoms with Gasteiger partial charge in [0.25, 0.3) is 0 Å². The van der Waals surface area contributed by atoms with E-state index < -0.39 is 0 Å². The fourth-order valence-corrected chi connectivity index (χ4v) is 4.28. The maximum Gasteiger partial charge on any atom is 0.193 e. The van der Waals surface area contributed by atoms with Crippen LogP contribution in [0.4, 0.5) is 0 Å². The molecule has 0 bridgehead atoms. The maximum atomic E-state index is 5.49. The second kappa shape index (κ2) is 11.2. The van der Waals surface area contributed by atoms with Crippen LogP contribution in [0.15, 0.2) is 58.1 Å². The number of ether oxygens (including phenoxy) is 1. The van der Waals surface area contributed by atoms with Crippen LogP contribution < -0.4 is 5.32 Å². The molecule has 6 nitrogen and oxygen atoms in total. The summed E-state index contributed by atoms with van der Waals surface area (Å²) in [6.07, 6.45) is 4.80. The summed E-state index contributed by atoms with van der Waals surface area (Å²) in [5.74, 6) is 2.74. The Morgan fingerprint density at radius 2 is 1.90 bits per heavy atom. The zero-order valence-corrected chi connectivity index (χ0v) is 17.8. The van der Waals surface area contributed by atoms with Crippen LogP contribution in [-0.2, 0) is 17.6 Å². The smallest absolute Gasteiger partial charge is 0.193 e. The van der Waals surface area contributed by atoms with Crippen molar-refractivity contribution in [2.24, 2.45) is 10.9 Å². The van der Waals surface area contributed by atoms with Crippen molar-refractivity contribution in [3.63, 3.8) is 0 Å². The Morgan fingerprint density at radius 3 is 2.70 bits per heavy atom. The predicted molar refractivity (Wildman–Crippen MR) is 120 cm³/mol. The molecule has 3 heterocycles. The van der Waals surface area contributed by atoms with Crippen molar-refractivity contribution >= 4 is 5.96 Å². The first kappa shape index (κ1) is 20.9. The normalized spacial score (nSPS) is 20.6. The number of morpholine rings is 1. The van der Waals surface area contributed by atoms with E-state index in [2.05, 4.69) is 45.4 Å². The molecule has 6 heteroatoms. The van der Waals surface area contributed by atoms with Gasteiger partial charge in [0, 0.05) is 52.2 Å². The minimum atomic E-state index is 0.703. The molecule has 1 atom stereocenters. The van der Waals surface area contributed by atoms with Crippen LogP contribution in [-0.4, -0.2) is 74.8 Å². The van der Waals surface area contributed by atoms with E-state index in [0.717, 1.165) is 77.0 Å². The van der Waals surface area contributed by atoms with E-state index >= 15 is 0 Å². The molecule has 0 spiro atoms. The van der Waals surface area contributed by atoms with Crippen molar-refractivity contribution in [2.45, 2.75) is 19.3 Å². The molecule has 2 saturated heterocycles. The first-order valence-corrected chi connectivity index (χ1v) is 11.3. The van der Waals surface area contributed by atoms with Crippen LogP contribution in [0.5, 0.6) is 0 Å². The molecule has 2 aliphatic heterocycles. The summed E-state index contributed by atoms with van der Waals surface area (Å²) < 4.78 is 11.0. The number of furan rings is 1. The van der Waals surface area contributed by atoms with E-state index in [0.29, 0.717) is 5.92 Å². The number of aliphatic imine (C=N–C) groups is 1. The molecule has 1 unspecified atom stereocenters. The highest BCUT2D eigenvalue weighted by Crippen LogP contribution is 2.18. The van der Waals surface area contributed by atoms with Crippen molar-refractivity contribution in [3.8, 4) is 0 Å². The van der Waals surface area contributed by atoms with Crippen LogP contribution in [0.1, 0.15) is 17.7 Å². The summed E-state index contributed by atoms with van der Waals surface area (Å²) in [7, 11) is 0. The standard InChI is InChI=1S/C24H34N4O2/c1-2-5-21(6-3-1)8-11-25-24(26-12-9-23-7-4-16-30-23)28-13-10-22(20-28)19-27-14-17-29-18-15-27/h1-7,16,22H,8-15,17-20H2,(H,25,26). The molecule has 0 radical (unpaired) electrons. The molecular weight excluding hydrogens is 376 g/mol. The molecule has 1 aromatic heterocycles. The first-order valence-electron chi connectivity index (χ1n) is 11.3. The molecule has 2 aliphatic rings. The van der Waals surface area contributed by atoms with Gasteiger partial charge in [0.1, 0.15) is 5.76 Å². The lowest BCUT2D eigenvalue weighted by molar-refractivity contribution is 0.0315. The Balaban J connectivity index is 1.31. The lowest BCUT2D eigenvalue weighted by Gasteiger charge is -2.29. The molecule has 30 heavy (non-hydrogen) atoms. The Morgan fingerprint density at radius 1 is 1.03 bits per heavy atom. The predicted octanol–water partition coefficient (Wildman–Crippen LogP) is 2.66. The average molecular weight is 411 g/mol. The van der Waals surface area contributed by atoms with E-state index in [4.69, 9.17) is 14.1 Å². The quantitative estimate of drug-likeness (QED) is 0.536. The number of rotatable bonds is 8. The third-order valence-electron chi connectivity index (χ3n) is 5.94. The molecule has 2 aromatic rings. The van der Waals surface area contributed by atoms with Gasteiger partial charge in [-0.3, -0.25) is 9.89 Å². The van der Waals surface area contributed by atoms with E-state index in [1.165, 1.54) is 18.5 Å². The third-order valence-corrected chi connectivity index (χ3v) is 5.94. The van der Waals surface area contributed by atoms with Crippen LogP contribution >= 0.6 is 0 Å². The number of likely N-dealkylation sites (tertiary alicyclic amines) is 1. The van der Waals surface area contributed by atoms with Gasteiger partial charge in [0.15, 0.2) is 5.96 Å². The van der Waals surface area contributed by atoms with Crippen LogP contribution in [0.3, 0.4) is 0 Å². The molecule has 1 aromatic carbocycles. The van der Waals surface area contributed by atoms with E-state index in [1.807, 2.05) is 12.1 Å². The van der Waals surface area contributed by atoms with Crippen molar-refractivity contribution in [3.05, 3.63) is 60.1 Å². The fourth-order valence-electron chi connectivity index (χ4n) is 4.28. The number of hydrogen-bond acceptors (Lipinski definition) is 4. The highest BCUT2D eigenvalue weighted by molar-refractivity contribution is 5.80. The molecule has 162 valence electrons. The third kappa shape index (κ3) is 6.34. The minimum Gasteiger partial charge on any atom is -0.469 e. The van der Waals surface area contributed by atoms with Gasteiger partial charge in [-0.2, -0.15) is 0 Å². The zero-order valence-electron chi connectivity index (χ0n) is 17.8. The molecule has 0 aliphatic carbocycles. The summed E-state index contributed by atoms with van der Waals surface area (Å²) in [4.78, 5) is 9.92. The zero-order chi connectivity index (χ0) is 20.4. The van der Waals surface area contributed by atoms with Gasteiger partial charge in [-0.25, -0.2) is 0 Å². The molecule has 4 rings (SSSR count). The maximum absolute atomic E-state index is 5.49. The van der Waals surface area contributed by atoms with Crippen molar-refractivity contribution in [1.29, 1.82) is 0 Å². The number of nitrogens with one attached hydrogen (secondary N) is 1. The molecule has 2 fully saturated rings.